The summed E-state index contributed by atoms with van der Waals surface area (Å²) in [5.74, 6) is 0.779. The Bertz CT molecular complexity index is 648. The second kappa shape index (κ2) is 8.62. The highest BCUT2D eigenvalue weighted by Crippen LogP contribution is 2.19. The Morgan fingerprint density at radius 3 is 2.92 bits per heavy atom. The number of hydrogen-bond acceptors (Lipinski definition) is 5. The Morgan fingerprint density at radius 1 is 1.28 bits per heavy atom. The van der Waals surface area contributed by atoms with Crippen LogP contribution >= 0.6 is 0 Å². The fourth-order valence-electron chi connectivity index (χ4n) is 3.03. The van der Waals surface area contributed by atoms with E-state index in [1.807, 2.05) is 21.7 Å². The molecule has 2 aromatic heterocycles. The molecule has 134 valence electrons. The normalized spacial score (nSPS) is 20.9. The topological polar surface area (TPSA) is 80.5 Å². The lowest BCUT2D eigenvalue weighted by molar-refractivity contribution is -0.131. The first-order valence-corrected chi connectivity index (χ1v) is 8.70. The highest BCUT2D eigenvalue weighted by Gasteiger charge is 2.28. The molecule has 0 aliphatic carbocycles. The van der Waals surface area contributed by atoms with Crippen LogP contribution in [0.2, 0.25) is 0 Å². The van der Waals surface area contributed by atoms with Crippen molar-refractivity contribution in [2.75, 3.05) is 13.1 Å². The number of nitrogens with zero attached hydrogens (tertiary/aromatic N) is 4. The number of likely N-dealkylation sites (tertiary alicyclic amines) is 1. The van der Waals surface area contributed by atoms with Gasteiger partial charge in [0.1, 0.15) is 11.9 Å². The predicted molar refractivity (Wildman–Crippen MR) is 91.9 cm³/mol. The number of amides is 1. The number of carbonyl (C=O) groups is 1. The van der Waals surface area contributed by atoms with Gasteiger partial charge in [-0.05, 0) is 25.0 Å². The molecular formula is C18H24N4O3. The van der Waals surface area contributed by atoms with Gasteiger partial charge in [0.25, 0.3) is 0 Å². The number of pyridine rings is 1. The van der Waals surface area contributed by atoms with E-state index >= 15 is 0 Å². The maximum absolute atomic E-state index is 12.4. The summed E-state index contributed by atoms with van der Waals surface area (Å²) in [5, 5.41) is 10.3. The first-order chi connectivity index (χ1) is 12.2. The van der Waals surface area contributed by atoms with Crippen LogP contribution in [0, 0.1) is 0 Å². The van der Waals surface area contributed by atoms with Crippen molar-refractivity contribution in [3.63, 3.8) is 0 Å². The van der Waals surface area contributed by atoms with Crippen molar-refractivity contribution in [2.24, 2.45) is 0 Å². The number of hydrogen-bond donors (Lipinski definition) is 1. The first kappa shape index (κ1) is 17.4. The Morgan fingerprint density at radius 2 is 2.16 bits per heavy atom. The fraction of sp³-hybridized carbons (Fsp3) is 0.500. The number of imidazole rings is 1. The van der Waals surface area contributed by atoms with E-state index in [1.165, 1.54) is 0 Å². The standard InChI is InChI=1S/C18H24N4O3/c23-16-5-10-22(18(24)4-2-9-21-12-8-20-14-21)11-6-17(16)25-15-3-1-7-19-13-15/h1,3,7-8,12-14,16-17,23H,2,4-6,9-11H2/t16-,17-/m0/s1. The zero-order valence-electron chi connectivity index (χ0n) is 14.2. The molecular weight excluding hydrogens is 320 g/mol. The molecule has 2 atom stereocenters. The van der Waals surface area contributed by atoms with Gasteiger partial charge in [-0.3, -0.25) is 9.78 Å². The van der Waals surface area contributed by atoms with E-state index in [-0.39, 0.29) is 12.0 Å². The molecule has 3 rings (SSSR count). The highest BCUT2D eigenvalue weighted by molar-refractivity contribution is 5.76. The summed E-state index contributed by atoms with van der Waals surface area (Å²) in [6, 6.07) is 3.62. The van der Waals surface area contributed by atoms with Crippen LogP contribution in [-0.2, 0) is 11.3 Å². The van der Waals surface area contributed by atoms with Crippen LogP contribution < -0.4 is 4.74 Å². The minimum Gasteiger partial charge on any atom is -0.486 e. The van der Waals surface area contributed by atoms with Crippen molar-refractivity contribution >= 4 is 5.91 Å². The third kappa shape index (κ3) is 5.03. The third-order valence-corrected chi connectivity index (χ3v) is 4.45. The molecule has 0 aromatic carbocycles. The van der Waals surface area contributed by atoms with Gasteiger partial charge in [0.05, 0.1) is 18.6 Å². The van der Waals surface area contributed by atoms with E-state index in [0.717, 1.165) is 13.0 Å². The molecule has 1 aliphatic rings. The molecule has 0 radical (unpaired) electrons. The van der Waals surface area contributed by atoms with E-state index < -0.39 is 6.10 Å². The smallest absolute Gasteiger partial charge is 0.222 e. The SMILES string of the molecule is O=C(CCCn1ccnc1)N1CC[C@H](Oc2cccnc2)[C@@H](O)CC1. The van der Waals surface area contributed by atoms with Gasteiger partial charge in [0.15, 0.2) is 0 Å². The molecule has 1 fully saturated rings. The second-order valence-electron chi connectivity index (χ2n) is 6.27. The van der Waals surface area contributed by atoms with Gasteiger partial charge in [0, 0.05) is 51.1 Å². The number of aryl methyl sites for hydroxylation is 1. The van der Waals surface area contributed by atoms with Crippen LogP contribution in [0.3, 0.4) is 0 Å². The molecule has 2 aromatic rings. The van der Waals surface area contributed by atoms with Crippen LogP contribution in [0.1, 0.15) is 25.7 Å². The van der Waals surface area contributed by atoms with E-state index in [2.05, 4.69) is 9.97 Å². The van der Waals surface area contributed by atoms with Crippen molar-refractivity contribution in [3.05, 3.63) is 43.2 Å². The molecule has 25 heavy (non-hydrogen) atoms. The van der Waals surface area contributed by atoms with E-state index in [1.54, 1.807) is 31.0 Å². The first-order valence-electron chi connectivity index (χ1n) is 8.70. The van der Waals surface area contributed by atoms with E-state index in [0.29, 0.717) is 38.1 Å². The molecule has 3 heterocycles. The molecule has 0 saturated carbocycles. The third-order valence-electron chi connectivity index (χ3n) is 4.45. The molecule has 1 amide bonds. The summed E-state index contributed by atoms with van der Waals surface area (Å²) >= 11 is 0. The minimum atomic E-state index is -0.580. The molecule has 0 bridgehead atoms. The summed E-state index contributed by atoms with van der Waals surface area (Å²) in [4.78, 5) is 22.3. The summed E-state index contributed by atoms with van der Waals surface area (Å²) in [7, 11) is 0. The monoisotopic (exact) mass is 344 g/mol. The predicted octanol–water partition coefficient (Wildman–Crippen LogP) is 1.49. The lowest BCUT2D eigenvalue weighted by Crippen LogP contribution is -2.32. The molecule has 1 aliphatic heterocycles. The second-order valence-corrected chi connectivity index (χ2v) is 6.27. The minimum absolute atomic E-state index is 0.134. The summed E-state index contributed by atoms with van der Waals surface area (Å²) in [6.45, 7) is 1.96. The molecule has 0 spiro atoms. The lowest BCUT2D eigenvalue weighted by atomic mass is 10.1. The molecule has 1 N–H and O–H groups in total. The molecule has 7 nitrogen and oxygen atoms in total. The average Bonchev–Trinajstić information content (AvgIpc) is 3.08. The zero-order chi connectivity index (χ0) is 17.5. The lowest BCUT2D eigenvalue weighted by Gasteiger charge is -2.21. The van der Waals surface area contributed by atoms with Gasteiger partial charge in [-0.2, -0.15) is 0 Å². The van der Waals surface area contributed by atoms with Crippen LogP contribution in [0.5, 0.6) is 5.75 Å². The number of carbonyl (C=O) groups excluding carboxylic acids is 1. The number of aromatic nitrogens is 3. The van der Waals surface area contributed by atoms with E-state index in [9.17, 15) is 9.90 Å². The van der Waals surface area contributed by atoms with Gasteiger partial charge in [-0.25, -0.2) is 4.98 Å². The van der Waals surface area contributed by atoms with Crippen molar-refractivity contribution in [1.82, 2.24) is 19.4 Å². The highest BCUT2D eigenvalue weighted by atomic mass is 16.5. The maximum Gasteiger partial charge on any atom is 0.222 e. The van der Waals surface area contributed by atoms with Crippen LogP contribution in [0.15, 0.2) is 43.2 Å². The fourth-order valence-corrected chi connectivity index (χ4v) is 3.03. The number of aliphatic hydroxyl groups is 1. The van der Waals surface area contributed by atoms with Gasteiger partial charge in [-0.15, -0.1) is 0 Å². The van der Waals surface area contributed by atoms with Crippen molar-refractivity contribution in [2.45, 2.75) is 44.4 Å². The van der Waals surface area contributed by atoms with Crippen molar-refractivity contribution in [3.8, 4) is 5.75 Å². The molecule has 1 saturated heterocycles. The van der Waals surface area contributed by atoms with Gasteiger partial charge in [0.2, 0.25) is 5.91 Å². The quantitative estimate of drug-likeness (QED) is 0.859. The summed E-state index contributed by atoms with van der Waals surface area (Å²) in [6.07, 6.45) is 10.2. The maximum atomic E-state index is 12.4. The molecule has 7 heteroatoms. The van der Waals surface area contributed by atoms with Gasteiger partial charge >= 0.3 is 0 Å². The zero-order valence-corrected chi connectivity index (χ0v) is 14.2. The Kier molecular flexibility index (Phi) is 6.00. The number of ether oxygens (including phenoxy) is 1. The summed E-state index contributed by atoms with van der Waals surface area (Å²) < 4.78 is 7.81. The van der Waals surface area contributed by atoms with Crippen molar-refractivity contribution < 1.29 is 14.6 Å². The Labute approximate surface area is 147 Å². The van der Waals surface area contributed by atoms with Gasteiger partial charge in [-0.1, -0.05) is 0 Å². The number of aliphatic hydroxyl groups excluding tert-OH is 1. The average molecular weight is 344 g/mol. The van der Waals surface area contributed by atoms with Crippen LogP contribution in [-0.4, -0.2) is 55.7 Å². The Hall–Kier alpha value is -2.41. The van der Waals surface area contributed by atoms with Crippen molar-refractivity contribution in [1.29, 1.82) is 0 Å². The van der Waals surface area contributed by atoms with Crippen LogP contribution in [0.4, 0.5) is 0 Å². The van der Waals surface area contributed by atoms with Crippen LogP contribution in [0.25, 0.3) is 0 Å². The molecule has 0 unspecified atom stereocenters. The number of rotatable bonds is 6. The largest absolute Gasteiger partial charge is 0.486 e. The van der Waals surface area contributed by atoms with Gasteiger partial charge < -0.3 is 19.3 Å². The Balaban J connectivity index is 1.47. The van der Waals surface area contributed by atoms with E-state index in [4.69, 9.17) is 4.74 Å². The summed E-state index contributed by atoms with van der Waals surface area (Å²) in [5.41, 5.74) is 0.